The molecule has 1 atom stereocenters. The van der Waals surface area contributed by atoms with Gasteiger partial charge in [-0.25, -0.2) is 0 Å². The Kier molecular flexibility index (Phi) is 8.25. The van der Waals surface area contributed by atoms with Crippen LogP contribution >= 0.6 is 0 Å². The molecule has 3 heterocycles. The first-order valence-corrected chi connectivity index (χ1v) is 22.0. The maximum atomic E-state index is 5.53. The molecule has 12 aromatic rings. The van der Waals surface area contributed by atoms with Gasteiger partial charge in [-0.05, 0) is 87.8 Å². The summed E-state index contributed by atoms with van der Waals surface area (Å²) < 4.78 is 4.81. The van der Waals surface area contributed by atoms with E-state index in [4.69, 9.17) is 4.99 Å². The number of aliphatic imine (C=N–C) groups is 1. The van der Waals surface area contributed by atoms with Crippen LogP contribution in [0.4, 0.5) is 5.69 Å². The fraction of sp³-hybridized carbons (Fsp3) is 0.0167. The molecule has 0 saturated carbocycles. The molecule has 1 aliphatic heterocycles. The lowest BCUT2D eigenvalue weighted by atomic mass is 9.93. The number of aromatic nitrogens is 2. The summed E-state index contributed by atoms with van der Waals surface area (Å²) >= 11 is 0. The molecule has 300 valence electrons. The van der Waals surface area contributed by atoms with E-state index >= 15 is 0 Å². The van der Waals surface area contributed by atoms with Crippen LogP contribution in [0.15, 0.2) is 236 Å². The van der Waals surface area contributed by atoms with Crippen molar-refractivity contribution in [3.63, 3.8) is 0 Å². The lowest BCUT2D eigenvalue weighted by Gasteiger charge is -2.28. The highest BCUT2D eigenvalue weighted by Gasteiger charge is 2.26. The highest BCUT2D eigenvalue weighted by Crippen LogP contribution is 2.42. The molecule has 1 aliphatic rings. The summed E-state index contributed by atoms with van der Waals surface area (Å²) in [5.41, 5.74) is 17.2. The van der Waals surface area contributed by atoms with Gasteiger partial charge in [0.25, 0.3) is 0 Å². The van der Waals surface area contributed by atoms with Gasteiger partial charge >= 0.3 is 0 Å². The third-order valence-electron chi connectivity index (χ3n) is 13.1. The van der Waals surface area contributed by atoms with Crippen molar-refractivity contribution in [3.05, 3.63) is 247 Å². The largest absolute Gasteiger partial charge is 0.359 e. The highest BCUT2D eigenvalue weighted by molar-refractivity contribution is 6.21. The van der Waals surface area contributed by atoms with E-state index in [1.54, 1.807) is 0 Å². The minimum Gasteiger partial charge on any atom is -0.359 e. The number of benzene rings is 10. The van der Waals surface area contributed by atoms with Gasteiger partial charge < -0.3 is 14.5 Å². The SMILES string of the molecule is c1ccc(-c2ccc(C3=NC(c4cccc(-n5c6ccccc6c6cc(-c7cccc8c7c7ccccc7n8-c7ccccc7)ccc65)c4)Nc4c3ccc3ccccc43)cc2)cc1. The summed E-state index contributed by atoms with van der Waals surface area (Å²) in [6.45, 7) is 0. The van der Waals surface area contributed by atoms with Crippen molar-refractivity contribution < 1.29 is 0 Å². The molecular formula is C60H40N4. The van der Waals surface area contributed by atoms with Crippen LogP contribution in [0.25, 0.3) is 88.0 Å². The topological polar surface area (TPSA) is 34.2 Å². The zero-order chi connectivity index (χ0) is 42.1. The number of fused-ring (bicyclic) bond motifs is 9. The van der Waals surface area contributed by atoms with Gasteiger partial charge in [0.1, 0.15) is 6.17 Å². The molecule has 0 saturated heterocycles. The normalized spacial score (nSPS) is 13.7. The lowest BCUT2D eigenvalue weighted by molar-refractivity contribution is 0.828. The van der Waals surface area contributed by atoms with E-state index in [9.17, 15) is 0 Å². The Morgan fingerprint density at radius 1 is 0.359 bits per heavy atom. The first-order valence-electron chi connectivity index (χ1n) is 22.0. The molecule has 1 unspecified atom stereocenters. The fourth-order valence-corrected chi connectivity index (χ4v) is 10.2. The standard InChI is InChI=1S/C60H40N4/c1-3-15-39(16-4-1)40-29-31-42(32-30-40)58-51-35-33-41-17-7-8-22-48(41)59(51)62-60(61-58)44-18-13-21-46(37-44)64-53-26-11-9-23-49(53)52-38-43(34-36-55(52)64)47-25-14-28-56-57(47)50-24-10-12-27-54(50)63(56)45-19-5-2-6-20-45/h1-38,60,62H. The van der Waals surface area contributed by atoms with Crippen LogP contribution < -0.4 is 5.32 Å². The first kappa shape index (κ1) is 36.2. The third-order valence-corrected chi connectivity index (χ3v) is 13.1. The number of hydrogen-bond donors (Lipinski definition) is 1. The van der Waals surface area contributed by atoms with Gasteiger partial charge in [-0.1, -0.05) is 176 Å². The Labute approximate surface area is 370 Å². The Morgan fingerprint density at radius 2 is 0.953 bits per heavy atom. The van der Waals surface area contributed by atoms with Crippen molar-refractivity contribution in [1.29, 1.82) is 0 Å². The lowest BCUT2D eigenvalue weighted by Crippen LogP contribution is -2.21. The molecule has 0 fully saturated rings. The molecular weight excluding hydrogens is 777 g/mol. The molecule has 4 nitrogen and oxygen atoms in total. The molecule has 10 aromatic carbocycles. The second-order valence-electron chi connectivity index (χ2n) is 16.7. The third kappa shape index (κ3) is 5.73. The summed E-state index contributed by atoms with van der Waals surface area (Å²) in [5, 5.41) is 11.2. The van der Waals surface area contributed by atoms with E-state index in [0.717, 1.165) is 45.0 Å². The molecule has 0 bridgehead atoms. The van der Waals surface area contributed by atoms with Crippen molar-refractivity contribution in [2.45, 2.75) is 6.17 Å². The fourth-order valence-electron chi connectivity index (χ4n) is 10.2. The van der Waals surface area contributed by atoms with E-state index < -0.39 is 0 Å². The van der Waals surface area contributed by atoms with E-state index in [0.29, 0.717) is 0 Å². The van der Waals surface area contributed by atoms with Gasteiger partial charge in [0, 0.05) is 49.4 Å². The van der Waals surface area contributed by atoms with Crippen LogP contribution in [0, 0.1) is 0 Å². The Bertz CT molecular complexity index is 3800. The number of rotatable bonds is 6. The zero-order valence-corrected chi connectivity index (χ0v) is 34.9. The number of anilines is 1. The summed E-state index contributed by atoms with van der Waals surface area (Å²) in [5.74, 6) is 0. The van der Waals surface area contributed by atoms with E-state index in [-0.39, 0.29) is 6.17 Å². The van der Waals surface area contributed by atoms with Crippen LogP contribution in [0.2, 0.25) is 0 Å². The first-order chi connectivity index (χ1) is 31.7. The van der Waals surface area contributed by atoms with Crippen molar-refractivity contribution in [2.75, 3.05) is 5.32 Å². The summed E-state index contributed by atoms with van der Waals surface area (Å²) in [6.07, 6.45) is -0.305. The van der Waals surface area contributed by atoms with Crippen LogP contribution in [0.3, 0.4) is 0 Å². The molecule has 4 heteroatoms. The number of nitrogens with zero attached hydrogens (tertiary/aromatic N) is 3. The van der Waals surface area contributed by atoms with Gasteiger partial charge in [0.2, 0.25) is 0 Å². The van der Waals surface area contributed by atoms with Crippen LogP contribution in [0.5, 0.6) is 0 Å². The van der Waals surface area contributed by atoms with Crippen molar-refractivity contribution in [3.8, 4) is 33.6 Å². The zero-order valence-electron chi connectivity index (χ0n) is 34.9. The van der Waals surface area contributed by atoms with Gasteiger partial charge in [-0.15, -0.1) is 0 Å². The highest BCUT2D eigenvalue weighted by atomic mass is 15.1. The van der Waals surface area contributed by atoms with E-state index in [1.165, 1.54) is 71.1 Å². The molecule has 2 aromatic heterocycles. The number of nitrogens with one attached hydrogen (secondary N) is 1. The molecule has 0 radical (unpaired) electrons. The summed E-state index contributed by atoms with van der Waals surface area (Å²) in [6, 6.07) is 83.4. The Hall–Kier alpha value is -8.47. The molecule has 0 aliphatic carbocycles. The minimum atomic E-state index is -0.305. The minimum absolute atomic E-state index is 0.305. The van der Waals surface area contributed by atoms with Crippen molar-refractivity contribution >= 4 is 65.8 Å². The predicted molar refractivity (Wildman–Crippen MR) is 268 cm³/mol. The van der Waals surface area contributed by atoms with Crippen LogP contribution in [0.1, 0.15) is 22.9 Å². The number of para-hydroxylation sites is 3. The molecule has 0 spiro atoms. The maximum absolute atomic E-state index is 5.53. The van der Waals surface area contributed by atoms with Gasteiger partial charge in [-0.3, -0.25) is 4.99 Å². The average Bonchev–Trinajstić information content (AvgIpc) is 3.89. The molecule has 64 heavy (non-hydrogen) atoms. The molecule has 1 N–H and O–H groups in total. The van der Waals surface area contributed by atoms with Crippen LogP contribution in [-0.2, 0) is 0 Å². The van der Waals surface area contributed by atoms with Crippen molar-refractivity contribution in [2.24, 2.45) is 4.99 Å². The predicted octanol–water partition coefficient (Wildman–Crippen LogP) is 15.3. The average molecular weight is 817 g/mol. The quantitative estimate of drug-likeness (QED) is 0.178. The van der Waals surface area contributed by atoms with E-state index in [1.807, 2.05) is 0 Å². The second-order valence-corrected chi connectivity index (χ2v) is 16.7. The van der Waals surface area contributed by atoms with Crippen LogP contribution in [-0.4, -0.2) is 14.8 Å². The summed E-state index contributed by atoms with van der Waals surface area (Å²) in [7, 11) is 0. The number of hydrogen-bond acceptors (Lipinski definition) is 2. The smallest absolute Gasteiger partial charge is 0.145 e. The van der Waals surface area contributed by atoms with Crippen molar-refractivity contribution in [1.82, 2.24) is 9.13 Å². The summed E-state index contributed by atoms with van der Waals surface area (Å²) in [4.78, 5) is 5.53. The maximum Gasteiger partial charge on any atom is 0.145 e. The monoisotopic (exact) mass is 816 g/mol. The Morgan fingerprint density at radius 3 is 1.78 bits per heavy atom. The van der Waals surface area contributed by atoms with E-state index in [2.05, 4.69) is 245 Å². The Balaban J connectivity index is 0.943. The molecule has 13 rings (SSSR count). The second kappa shape index (κ2) is 14.6. The van der Waals surface area contributed by atoms with Gasteiger partial charge in [0.05, 0.1) is 33.5 Å². The van der Waals surface area contributed by atoms with Gasteiger partial charge in [-0.2, -0.15) is 0 Å². The molecule has 0 amide bonds. The van der Waals surface area contributed by atoms with Gasteiger partial charge in [0.15, 0.2) is 0 Å².